The predicted molar refractivity (Wildman–Crippen MR) is 78.7 cm³/mol. The standard InChI is InChI=1S/C15H12F3N3S/c1-10-3-2-4-11(7-10)9-22-14-20-19-13-6-5-12(8-21(13)14)15(16,17)18/h2-8H,9H2,1H3. The maximum atomic E-state index is 12.8. The maximum Gasteiger partial charge on any atom is 0.417 e. The molecule has 3 nitrogen and oxygen atoms in total. The van der Waals surface area contributed by atoms with Gasteiger partial charge in [-0.3, -0.25) is 4.40 Å². The number of hydrogen-bond acceptors (Lipinski definition) is 3. The molecular formula is C15H12F3N3S. The van der Waals surface area contributed by atoms with Crippen LogP contribution in [0.4, 0.5) is 13.2 Å². The van der Waals surface area contributed by atoms with E-state index in [1.807, 2.05) is 31.2 Å². The Hall–Kier alpha value is -2.02. The van der Waals surface area contributed by atoms with E-state index in [1.54, 1.807) is 0 Å². The summed E-state index contributed by atoms with van der Waals surface area (Å²) in [5, 5.41) is 8.31. The molecule has 0 amide bonds. The van der Waals surface area contributed by atoms with Crippen LogP contribution in [-0.2, 0) is 11.9 Å². The number of nitrogens with zero attached hydrogens (tertiary/aromatic N) is 3. The van der Waals surface area contributed by atoms with Gasteiger partial charge in [0, 0.05) is 11.9 Å². The van der Waals surface area contributed by atoms with Crippen LogP contribution in [0.5, 0.6) is 0 Å². The minimum Gasteiger partial charge on any atom is -0.277 e. The van der Waals surface area contributed by atoms with Crippen LogP contribution < -0.4 is 0 Å². The summed E-state index contributed by atoms with van der Waals surface area (Å²) in [6.45, 7) is 2.00. The van der Waals surface area contributed by atoms with Crippen LogP contribution in [0, 0.1) is 6.92 Å². The second kappa shape index (κ2) is 5.64. The average molecular weight is 323 g/mol. The van der Waals surface area contributed by atoms with Crippen molar-refractivity contribution < 1.29 is 13.2 Å². The Labute approximate surface area is 129 Å². The van der Waals surface area contributed by atoms with Crippen molar-refractivity contribution in [2.45, 2.75) is 24.0 Å². The van der Waals surface area contributed by atoms with E-state index in [0.29, 0.717) is 16.6 Å². The van der Waals surface area contributed by atoms with Crippen LogP contribution in [0.3, 0.4) is 0 Å². The number of alkyl halides is 3. The van der Waals surface area contributed by atoms with Gasteiger partial charge in [-0.25, -0.2) is 0 Å². The van der Waals surface area contributed by atoms with Crippen molar-refractivity contribution in [3.8, 4) is 0 Å². The quantitative estimate of drug-likeness (QED) is 0.671. The fourth-order valence-electron chi connectivity index (χ4n) is 2.09. The van der Waals surface area contributed by atoms with Gasteiger partial charge in [-0.05, 0) is 24.6 Å². The number of aryl methyl sites for hydroxylation is 1. The van der Waals surface area contributed by atoms with Crippen LogP contribution in [0.15, 0.2) is 47.8 Å². The van der Waals surface area contributed by atoms with E-state index in [-0.39, 0.29) is 0 Å². The van der Waals surface area contributed by atoms with E-state index in [2.05, 4.69) is 10.2 Å². The summed E-state index contributed by atoms with van der Waals surface area (Å²) in [5.74, 6) is 0.624. The molecule has 7 heteroatoms. The van der Waals surface area contributed by atoms with Crippen LogP contribution >= 0.6 is 11.8 Å². The number of benzene rings is 1. The number of pyridine rings is 1. The molecule has 3 rings (SSSR count). The van der Waals surface area contributed by atoms with E-state index >= 15 is 0 Å². The van der Waals surface area contributed by atoms with Gasteiger partial charge in [-0.2, -0.15) is 13.2 Å². The van der Waals surface area contributed by atoms with E-state index in [0.717, 1.165) is 23.4 Å². The van der Waals surface area contributed by atoms with Gasteiger partial charge in [0.25, 0.3) is 0 Å². The molecule has 0 bridgehead atoms. The summed E-state index contributed by atoms with van der Waals surface area (Å²) < 4.78 is 39.7. The molecule has 114 valence electrons. The van der Waals surface area contributed by atoms with Gasteiger partial charge in [0.05, 0.1) is 5.56 Å². The van der Waals surface area contributed by atoms with E-state index < -0.39 is 11.7 Å². The van der Waals surface area contributed by atoms with Gasteiger partial charge in [-0.1, -0.05) is 41.6 Å². The largest absolute Gasteiger partial charge is 0.417 e. The lowest BCUT2D eigenvalue weighted by atomic mass is 10.2. The summed E-state index contributed by atoms with van der Waals surface area (Å²) in [7, 11) is 0. The van der Waals surface area contributed by atoms with Crippen molar-refractivity contribution in [1.82, 2.24) is 14.6 Å². The molecule has 0 radical (unpaired) electrons. The van der Waals surface area contributed by atoms with Crippen molar-refractivity contribution in [1.29, 1.82) is 0 Å². The molecule has 3 aromatic rings. The van der Waals surface area contributed by atoms with Gasteiger partial charge >= 0.3 is 6.18 Å². The van der Waals surface area contributed by atoms with Crippen LogP contribution in [0.25, 0.3) is 5.65 Å². The number of fused-ring (bicyclic) bond motifs is 1. The Bertz CT molecular complexity index is 811. The predicted octanol–water partition coefficient (Wildman–Crippen LogP) is 4.35. The van der Waals surface area contributed by atoms with Crippen LogP contribution in [0.2, 0.25) is 0 Å². The second-order valence-electron chi connectivity index (χ2n) is 4.90. The maximum absolute atomic E-state index is 12.8. The highest BCUT2D eigenvalue weighted by atomic mass is 32.2. The normalized spacial score (nSPS) is 12.0. The van der Waals surface area contributed by atoms with Crippen LogP contribution in [-0.4, -0.2) is 14.6 Å². The average Bonchev–Trinajstić information content (AvgIpc) is 2.86. The Morgan fingerprint density at radius 2 is 1.95 bits per heavy atom. The first-order valence-electron chi connectivity index (χ1n) is 6.54. The van der Waals surface area contributed by atoms with Gasteiger partial charge in [0.2, 0.25) is 0 Å². The van der Waals surface area contributed by atoms with Crippen LogP contribution in [0.1, 0.15) is 16.7 Å². The van der Waals surface area contributed by atoms with Crippen molar-refractivity contribution in [3.63, 3.8) is 0 Å². The first kappa shape index (κ1) is 14.9. The molecule has 22 heavy (non-hydrogen) atoms. The highest BCUT2D eigenvalue weighted by Gasteiger charge is 2.31. The molecular weight excluding hydrogens is 311 g/mol. The topological polar surface area (TPSA) is 30.2 Å². The number of halogens is 3. The fraction of sp³-hybridized carbons (Fsp3) is 0.200. The molecule has 0 saturated carbocycles. The zero-order valence-electron chi connectivity index (χ0n) is 11.6. The lowest BCUT2D eigenvalue weighted by Gasteiger charge is -2.07. The SMILES string of the molecule is Cc1cccc(CSc2nnc3ccc(C(F)(F)F)cn23)c1. The highest BCUT2D eigenvalue weighted by molar-refractivity contribution is 7.98. The third-order valence-electron chi connectivity index (χ3n) is 3.15. The van der Waals surface area contributed by atoms with Gasteiger partial charge < -0.3 is 0 Å². The minimum atomic E-state index is -4.38. The zero-order valence-corrected chi connectivity index (χ0v) is 12.4. The molecule has 1 aromatic carbocycles. The molecule has 0 unspecified atom stereocenters. The Kier molecular flexibility index (Phi) is 3.82. The number of thioether (sulfide) groups is 1. The number of hydrogen-bond donors (Lipinski definition) is 0. The Balaban J connectivity index is 1.87. The van der Waals surface area contributed by atoms with Gasteiger partial charge in [0.1, 0.15) is 0 Å². The third-order valence-corrected chi connectivity index (χ3v) is 4.16. The van der Waals surface area contributed by atoms with Gasteiger partial charge in [0.15, 0.2) is 10.8 Å². The monoisotopic (exact) mass is 323 g/mol. The Morgan fingerprint density at radius 3 is 2.68 bits per heavy atom. The van der Waals surface area contributed by atoms with E-state index in [4.69, 9.17) is 0 Å². The number of rotatable bonds is 3. The lowest BCUT2D eigenvalue weighted by molar-refractivity contribution is -0.137. The summed E-state index contributed by atoms with van der Waals surface area (Å²) >= 11 is 1.36. The fourth-order valence-corrected chi connectivity index (χ4v) is 2.94. The Morgan fingerprint density at radius 1 is 1.14 bits per heavy atom. The van der Waals surface area contributed by atoms with E-state index in [9.17, 15) is 13.2 Å². The molecule has 0 N–H and O–H groups in total. The molecule has 0 atom stereocenters. The van der Waals surface area contributed by atoms with Crippen molar-refractivity contribution in [3.05, 3.63) is 59.3 Å². The summed E-state index contributed by atoms with van der Waals surface area (Å²) in [4.78, 5) is 0. The first-order valence-corrected chi connectivity index (χ1v) is 7.52. The summed E-state index contributed by atoms with van der Waals surface area (Å²) in [6.07, 6.45) is -3.34. The molecule has 0 aliphatic rings. The highest BCUT2D eigenvalue weighted by Crippen LogP contribution is 2.30. The molecule has 2 aromatic heterocycles. The first-order chi connectivity index (χ1) is 10.4. The molecule has 0 spiro atoms. The minimum absolute atomic E-state index is 0.403. The third kappa shape index (κ3) is 3.09. The molecule has 0 aliphatic heterocycles. The van der Waals surface area contributed by atoms with Crippen molar-refractivity contribution >= 4 is 17.4 Å². The summed E-state index contributed by atoms with van der Waals surface area (Å²) in [6, 6.07) is 10.3. The lowest BCUT2D eigenvalue weighted by Crippen LogP contribution is -2.06. The summed E-state index contributed by atoms with van der Waals surface area (Å²) in [5.41, 5.74) is 1.93. The molecule has 0 saturated heterocycles. The zero-order chi connectivity index (χ0) is 15.7. The van der Waals surface area contributed by atoms with E-state index in [1.165, 1.54) is 22.2 Å². The molecule has 0 fully saturated rings. The molecule has 2 heterocycles. The smallest absolute Gasteiger partial charge is 0.277 e. The van der Waals surface area contributed by atoms with Crippen molar-refractivity contribution in [2.24, 2.45) is 0 Å². The van der Waals surface area contributed by atoms with Gasteiger partial charge in [-0.15, -0.1) is 10.2 Å². The second-order valence-corrected chi connectivity index (χ2v) is 5.85. The number of aromatic nitrogens is 3. The van der Waals surface area contributed by atoms with Crippen molar-refractivity contribution in [2.75, 3.05) is 0 Å². The molecule has 0 aliphatic carbocycles.